The summed E-state index contributed by atoms with van der Waals surface area (Å²) < 4.78 is 22.0. The van der Waals surface area contributed by atoms with Crippen LogP contribution in [0, 0.1) is 0 Å². The highest BCUT2D eigenvalue weighted by Crippen LogP contribution is 2.23. The van der Waals surface area contributed by atoms with Gasteiger partial charge in [0.15, 0.2) is 0 Å². The van der Waals surface area contributed by atoms with Gasteiger partial charge in [0, 0.05) is 10.9 Å². The van der Waals surface area contributed by atoms with Gasteiger partial charge in [0.2, 0.25) is 4.34 Å². The number of hydrogen-bond donors (Lipinski definition) is 1. The van der Waals surface area contributed by atoms with E-state index in [0.717, 1.165) is 16.9 Å². The second-order valence-corrected chi connectivity index (χ2v) is 5.50. The first-order valence-corrected chi connectivity index (χ1v) is 6.54. The number of thiazole rings is 1. The molecule has 1 aromatic heterocycles. The second kappa shape index (κ2) is 3.73. The van der Waals surface area contributed by atoms with Crippen molar-refractivity contribution < 1.29 is 8.42 Å². The minimum Gasteiger partial charge on any atom is -0.224 e. The van der Waals surface area contributed by atoms with Gasteiger partial charge in [0.25, 0.3) is 10.0 Å². The molecular weight excluding hydrogens is 232 g/mol. The number of benzene rings is 1. The highest BCUT2D eigenvalue weighted by Gasteiger charge is 2.13. The van der Waals surface area contributed by atoms with E-state index >= 15 is 0 Å². The Morgan fingerprint density at radius 1 is 1.20 bits per heavy atom. The summed E-state index contributed by atoms with van der Waals surface area (Å²) in [4.78, 5) is 3.96. The van der Waals surface area contributed by atoms with Crippen LogP contribution in [0.2, 0.25) is 0 Å². The van der Waals surface area contributed by atoms with E-state index in [9.17, 15) is 8.42 Å². The lowest BCUT2D eigenvalue weighted by atomic mass is 10.2. The molecule has 0 fully saturated rings. The molecule has 2 aromatic rings. The molecule has 0 saturated heterocycles. The standard InChI is InChI=1S/C9H8N2O2S2/c10-15(12,13)9-11-8(6-14-9)7-4-2-1-3-5-7/h1-6H,(H2,10,12,13). The zero-order valence-corrected chi connectivity index (χ0v) is 9.25. The van der Waals surface area contributed by atoms with Crippen LogP contribution in [0.1, 0.15) is 0 Å². The van der Waals surface area contributed by atoms with E-state index in [1.807, 2.05) is 30.3 Å². The van der Waals surface area contributed by atoms with Crippen molar-refractivity contribution in [3.8, 4) is 11.3 Å². The van der Waals surface area contributed by atoms with Crippen LogP contribution in [-0.2, 0) is 10.0 Å². The molecule has 15 heavy (non-hydrogen) atoms. The number of hydrogen-bond acceptors (Lipinski definition) is 4. The predicted octanol–water partition coefficient (Wildman–Crippen LogP) is 1.46. The van der Waals surface area contributed by atoms with E-state index in [4.69, 9.17) is 5.14 Å². The number of primary sulfonamides is 1. The van der Waals surface area contributed by atoms with Crippen LogP contribution in [-0.4, -0.2) is 13.4 Å². The fourth-order valence-electron chi connectivity index (χ4n) is 1.13. The SMILES string of the molecule is NS(=O)(=O)c1nc(-c2ccccc2)cs1. The second-order valence-electron chi connectivity index (χ2n) is 2.91. The Kier molecular flexibility index (Phi) is 2.56. The normalized spacial score (nSPS) is 11.5. The van der Waals surface area contributed by atoms with Gasteiger partial charge in [0.05, 0.1) is 5.69 Å². The third kappa shape index (κ3) is 2.23. The largest absolute Gasteiger partial charge is 0.265 e. The van der Waals surface area contributed by atoms with Crippen molar-refractivity contribution in [2.45, 2.75) is 4.34 Å². The van der Waals surface area contributed by atoms with Crippen LogP contribution in [0.4, 0.5) is 0 Å². The van der Waals surface area contributed by atoms with Crippen molar-refractivity contribution in [1.82, 2.24) is 4.98 Å². The molecule has 1 heterocycles. The first kappa shape index (κ1) is 10.3. The first-order valence-electron chi connectivity index (χ1n) is 4.11. The van der Waals surface area contributed by atoms with Gasteiger partial charge in [-0.25, -0.2) is 18.5 Å². The Labute approximate surface area is 91.4 Å². The minimum atomic E-state index is -3.68. The van der Waals surface area contributed by atoms with E-state index in [2.05, 4.69) is 4.98 Å². The van der Waals surface area contributed by atoms with Crippen LogP contribution in [0.25, 0.3) is 11.3 Å². The van der Waals surface area contributed by atoms with Crippen molar-refractivity contribution >= 4 is 21.4 Å². The lowest BCUT2D eigenvalue weighted by molar-refractivity contribution is 0.597. The maximum atomic E-state index is 11.0. The number of nitrogens with two attached hydrogens (primary N) is 1. The molecule has 0 spiro atoms. The van der Waals surface area contributed by atoms with Gasteiger partial charge < -0.3 is 0 Å². The fourth-order valence-corrected chi connectivity index (χ4v) is 2.59. The molecule has 0 radical (unpaired) electrons. The molecule has 0 aliphatic rings. The maximum Gasteiger partial charge on any atom is 0.265 e. The molecule has 2 rings (SSSR count). The van der Waals surface area contributed by atoms with Crippen molar-refractivity contribution in [3.63, 3.8) is 0 Å². The molecule has 0 unspecified atom stereocenters. The summed E-state index contributed by atoms with van der Waals surface area (Å²) in [6, 6.07) is 9.34. The van der Waals surface area contributed by atoms with Gasteiger partial charge in [0.1, 0.15) is 0 Å². The topological polar surface area (TPSA) is 73.1 Å². The minimum absolute atomic E-state index is 0.0543. The third-order valence-corrected chi connectivity index (χ3v) is 3.99. The Bertz CT molecular complexity index is 561. The summed E-state index contributed by atoms with van der Waals surface area (Å²) in [7, 11) is -3.68. The molecule has 0 aliphatic heterocycles. The smallest absolute Gasteiger partial charge is 0.224 e. The van der Waals surface area contributed by atoms with E-state index in [0.29, 0.717) is 5.69 Å². The highest BCUT2D eigenvalue weighted by atomic mass is 32.2. The van der Waals surface area contributed by atoms with Crippen LogP contribution in [0.3, 0.4) is 0 Å². The van der Waals surface area contributed by atoms with Gasteiger partial charge in [-0.2, -0.15) is 0 Å². The van der Waals surface area contributed by atoms with Crippen molar-refractivity contribution in [2.24, 2.45) is 5.14 Å². The molecule has 0 amide bonds. The Morgan fingerprint density at radius 2 is 1.87 bits per heavy atom. The maximum absolute atomic E-state index is 11.0. The fraction of sp³-hybridized carbons (Fsp3) is 0. The number of aromatic nitrogens is 1. The van der Waals surface area contributed by atoms with Gasteiger partial charge in [-0.15, -0.1) is 11.3 Å². The van der Waals surface area contributed by atoms with E-state index in [1.165, 1.54) is 0 Å². The molecule has 6 heteroatoms. The summed E-state index contributed by atoms with van der Waals surface area (Å²) >= 11 is 1.03. The zero-order valence-electron chi connectivity index (χ0n) is 7.62. The molecule has 0 aliphatic carbocycles. The van der Waals surface area contributed by atoms with Crippen LogP contribution >= 0.6 is 11.3 Å². The summed E-state index contributed by atoms with van der Waals surface area (Å²) in [5.41, 5.74) is 1.51. The van der Waals surface area contributed by atoms with Gasteiger partial charge >= 0.3 is 0 Å². The Hall–Kier alpha value is -1.24. The molecule has 4 nitrogen and oxygen atoms in total. The quantitative estimate of drug-likeness (QED) is 0.863. The van der Waals surface area contributed by atoms with E-state index in [1.54, 1.807) is 5.38 Å². The van der Waals surface area contributed by atoms with Crippen molar-refractivity contribution in [3.05, 3.63) is 35.7 Å². The average molecular weight is 240 g/mol. The molecular formula is C9H8N2O2S2. The Morgan fingerprint density at radius 3 is 2.40 bits per heavy atom. The first-order chi connectivity index (χ1) is 7.07. The number of nitrogens with zero attached hydrogens (tertiary/aromatic N) is 1. The zero-order chi connectivity index (χ0) is 10.9. The predicted molar refractivity (Wildman–Crippen MR) is 58.9 cm³/mol. The van der Waals surface area contributed by atoms with Crippen LogP contribution < -0.4 is 5.14 Å². The lowest BCUT2D eigenvalue weighted by Crippen LogP contribution is -2.11. The highest BCUT2D eigenvalue weighted by molar-refractivity contribution is 7.91. The van der Waals surface area contributed by atoms with Gasteiger partial charge in [-0.05, 0) is 0 Å². The molecule has 0 saturated carbocycles. The number of rotatable bonds is 2. The Balaban J connectivity index is 2.46. The molecule has 78 valence electrons. The molecule has 2 N–H and O–H groups in total. The van der Waals surface area contributed by atoms with Crippen molar-refractivity contribution in [1.29, 1.82) is 0 Å². The molecule has 0 bridgehead atoms. The third-order valence-electron chi connectivity index (χ3n) is 1.80. The average Bonchev–Trinajstić information content (AvgIpc) is 2.67. The van der Waals surface area contributed by atoms with Gasteiger partial charge in [-0.1, -0.05) is 30.3 Å². The van der Waals surface area contributed by atoms with Crippen LogP contribution in [0.15, 0.2) is 40.1 Å². The van der Waals surface area contributed by atoms with Gasteiger partial charge in [-0.3, -0.25) is 0 Å². The summed E-state index contributed by atoms with van der Waals surface area (Å²) in [6.07, 6.45) is 0. The summed E-state index contributed by atoms with van der Waals surface area (Å²) in [5.74, 6) is 0. The molecule has 0 atom stereocenters. The number of sulfonamides is 1. The summed E-state index contributed by atoms with van der Waals surface area (Å²) in [6.45, 7) is 0. The van der Waals surface area contributed by atoms with E-state index < -0.39 is 10.0 Å². The van der Waals surface area contributed by atoms with Crippen LogP contribution in [0.5, 0.6) is 0 Å². The lowest BCUT2D eigenvalue weighted by Gasteiger charge is -1.93. The molecule has 1 aromatic carbocycles. The monoisotopic (exact) mass is 240 g/mol. The van der Waals surface area contributed by atoms with Crippen molar-refractivity contribution in [2.75, 3.05) is 0 Å². The van der Waals surface area contributed by atoms with E-state index in [-0.39, 0.29) is 4.34 Å². The summed E-state index contributed by atoms with van der Waals surface area (Å²) in [5, 5.41) is 6.64.